The first-order valence-electron chi connectivity index (χ1n) is 7.76. The number of halogens is 1. The molecule has 1 aliphatic rings. The molecule has 2 aromatic carbocycles. The predicted octanol–water partition coefficient (Wildman–Crippen LogP) is 4.79. The van der Waals surface area contributed by atoms with Crippen molar-refractivity contribution in [3.63, 3.8) is 0 Å². The molecule has 1 aliphatic heterocycles. The fraction of sp³-hybridized carbons (Fsp3) is 0. The second-order valence-electron chi connectivity index (χ2n) is 5.58. The second kappa shape index (κ2) is 7.19. The maximum atomic E-state index is 12.0. The summed E-state index contributed by atoms with van der Waals surface area (Å²) in [4.78, 5) is 12.6. The molecule has 26 heavy (non-hydrogen) atoms. The monoisotopic (exact) mass is 441 g/mol. The number of benzene rings is 2. The average molecular weight is 442 g/mol. The van der Waals surface area contributed by atoms with Gasteiger partial charge in [-0.3, -0.25) is 4.79 Å². The lowest BCUT2D eigenvalue weighted by Crippen LogP contribution is -2.17. The predicted molar refractivity (Wildman–Crippen MR) is 113 cm³/mol. The van der Waals surface area contributed by atoms with Gasteiger partial charge in [-0.05, 0) is 30.3 Å². The van der Waals surface area contributed by atoms with Crippen molar-refractivity contribution in [1.29, 1.82) is 0 Å². The van der Waals surface area contributed by atoms with Crippen LogP contribution in [0.25, 0.3) is 23.0 Å². The lowest BCUT2D eigenvalue weighted by Gasteiger charge is -2.01. The maximum absolute atomic E-state index is 12.0. The molecule has 128 valence electrons. The zero-order chi connectivity index (χ0) is 18.1. The number of amides is 1. The highest BCUT2D eigenvalue weighted by molar-refractivity contribution is 9.10. The topological polar surface area (TPSA) is 46.9 Å². The Labute approximate surface area is 168 Å². The molecule has 7 heteroatoms. The van der Waals surface area contributed by atoms with Crippen LogP contribution in [0.3, 0.4) is 0 Å². The molecule has 0 saturated carbocycles. The number of carbonyl (C=O) groups is 1. The van der Waals surface area contributed by atoms with Gasteiger partial charge in [-0.1, -0.05) is 70.2 Å². The minimum absolute atomic E-state index is 0.173. The number of hydrogen-bond acceptors (Lipinski definition) is 4. The number of nitrogens with zero attached hydrogens (tertiary/aromatic N) is 2. The van der Waals surface area contributed by atoms with Crippen molar-refractivity contribution in [2.45, 2.75) is 0 Å². The highest BCUT2D eigenvalue weighted by atomic mass is 79.9. The molecule has 0 radical (unpaired) electrons. The zero-order valence-corrected chi connectivity index (χ0v) is 16.6. The number of thiocarbonyl (C=S) groups is 1. The molecule has 3 aromatic rings. The van der Waals surface area contributed by atoms with Crippen LogP contribution in [0.2, 0.25) is 0 Å². The van der Waals surface area contributed by atoms with Crippen LogP contribution in [0.15, 0.2) is 70.2 Å². The molecule has 4 rings (SSSR count). The van der Waals surface area contributed by atoms with E-state index in [1.807, 2.05) is 71.6 Å². The van der Waals surface area contributed by atoms with E-state index in [9.17, 15) is 4.79 Å². The Morgan fingerprint density at radius 1 is 1.15 bits per heavy atom. The van der Waals surface area contributed by atoms with Crippen LogP contribution in [0, 0.1) is 0 Å². The Bertz CT molecular complexity index is 1040. The van der Waals surface area contributed by atoms with Gasteiger partial charge >= 0.3 is 0 Å². The van der Waals surface area contributed by atoms with Crippen molar-refractivity contribution in [2.75, 3.05) is 0 Å². The molecule has 1 N–H and O–H groups in total. The highest BCUT2D eigenvalue weighted by Gasteiger charge is 2.23. The van der Waals surface area contributed by atoms with Gasteiger partial charge < -0.3 is 5.32 Å². The van der Waals surface area contributed by atoms with Gasteiger partial charge in [0, 0.05) is 21.8 Å². The summed E-state index contributed by atoms with van der Waals surface area (Å²) in [7, 11) is 0. The van der Waals surface area contributed by atoms with E-state index in [0.29, 0.717) is 9.23 Å². The van der Waals surface area contributed by atoms with Crippen molar-refractivity contribution >= 4 is 56.2 Å². The van der Waals surface area contributed by atoms with Gasteiger partial charge in [0.25, 0.3) is 5.91 Å². The summed E-state index contributed by atoms with van der Waals surface area (Å²) < 4.78 is 3.26. The fourth-order valence-electron chi connectivity index (χ4n) is 2.63. The third-order valence-corrected chi connectivity index (χ3v) is 5.45. The smallest absolute Gasteiger partial charge is 0.263 e. The van der Waals surface area contributed by atoms with Crippen molar-refractivity contribution < 1.29 is 4.79 Å². The number of hydrogen-bond donors (Lipinski definition) is 1. The molecule has 2 heterocycles. The minimum Gasteiger partial charge on any atom is -0.307 e. The number of aromatic nitrogens is 2. The molecule has 0 spiro atoms. The molecule has 0 atom stereocenters. The van der Waals surface area contributed by atoms with E-state index >= 15 is 0 Å². The van der Waals surface area contributed by atoms with Crippen LogP contribution >= 0.6 is 39.9 Å². The number of thioether (sulfide) groups is 1. The van der Waals surface area contributed by atoms with Crippen LogP contribution in [0.4, 0.5) is 0 Å². The van der Waals surface area contributed by atoms with E-state index in [2.05, 4.69) is 21.2 Å². The molecule has 1 aromatic heterocycles. The largest absolute Gasteiger partial charge is 0.307 e. The van der Waals surface area contributed by atoms with Crippen molar-refractivity contribution in [1.82, 2.24) is 15.1 Å². The number of carbonyl (C=O) groups excluding carboxylic acids is 1. The molecule has 1 fully saturated rings. The van der Waals surface area contributed by atoms with Gasteiger partial charge in [0.05, 0.1) is 10.6 Å². The van der Waals surface area contributed by atoms with E-state index in [1.165, 1.54) is 11.8 Å². The molecule has 0 unspecified atom stereocenters. The Kier molecular flexibility index (Phi) is 4.76. The van der Waals surface area contributed by atoms with Crippen LogP contribution < -0.4 is 5.32 Å². The van der Waals surface area contributed by atoms with Crippen LogP contribution in [0.1, 0.15) is 5.56 Å². The molecule has 1 amide bonds. The minimum atomic E-state index is -0.173. The van der Waals surface area contributed by atoms with E-state index in [4.69, 9.17) is 17.3 Å². The number of rotatable bonds is 3. The van der Waals surface area contributed by atoms with Crippen molar-refractivity contribution in [2.24, 2.45) is 0 Å². The molecule has 1 saturated heterocycles. The van der Waals surface area contributed by atoms with Crippen LogP contribution in [-0.4, -0.2) is 20.0 Å². The van der Waals surface area contributed by atoms with Crippen LogP contribution in [-0.2, 0) is 4.79 Å². The molecule has 4 nitrogen and oxygen atoms in total. The summed E-state index contributed by atoms with van der Waals surface area (Å²) in [6, 6.07) is 17.8. The third kappa shape index (κ3) is 3.51. The Morgan fingerprint density at radius 2 is 1.96 bits per heavy atom. The molecule has 0 bridgehead atoms. The molecular weight excluding hydrogens is 430 g/mol. The van der Waals surface area contributed by atoms with E-state index in [0.717, 1.165) is 27.0 Å². The molecular formula is C19H12BrN3OS2. The average Bonchev–Trinajstić information content (AvgIpc) is 3.19. The Hall–Kier alpha value is -2.22. The third-order valence-electron chi connectivity index (χ3n) is 3.79. The lowest BCUT2D eigenvalue weighted by atomic mass is 10.1. The Morgan fingerprint density at radius 3 is 2.65 bits per heavy atom. The first-order chi connectivity index (χ1) is 12.6. The normalized spacial score (nSPS) is 15.5. The fourth-order valence-corrected chi connectivity index (χ4v) is 4.06. The number of para-hydroxylation sites is 1. The Balaban J connectivity index is 1.86. The van der Waals surface area contributed by atoms with Crippen LogP contribution in [0.5, 0.6) is 0 Å². The van der Waals surface area contributed by atoms with Gasteiger partial charge in [-0.15, -0.1) is 0 Å². The van der Waals surface area contributed by atoms with E-state index in [-0.39, 0.29) is 5.91 Å². The first-order valence-corrected chi connectivity index (χ1v) is 9.78. The van der Waals surface area contributed by atoms with Crippen molar-refractivity contribution in [3.8, 4) is 16.9 Å². The highest BCUT2D eigenvalue weighted by Crippen LogP contribution is 2.31. The number of nitrogens with one attached hydrogen (secondary N) is 1. The van der Waals surface area contributed by atoms with E-state index in [1.54, 1.807) is 0 Å². The summed E-state index contributed by atoms with van der Waals surface area (Å²) >= 11 is 9.85. The summed E-state index contributed by atoms with van der Waals surface area (Å²) in [5.74, 6) is -0.173. The summed E-state index contributed by atoms with van der Waals surface area (Å²) in [5.41, 5.74) is 3.57. The summed E-state index contributed by atoms with van der Waals surface area (Å²) in [5, 5.41) is 7.40. The maximum Gasteiger partial charge on any atom is 0.263 e. The lowest BCUT2D eigenvalue weighted by molar-refractivity contribution is -0.115. The summed E-state index contributed by atoms with van der Waals surface area (Å²) in [6.07, 6.45) is 3.76. The van der Waals surface area contributed by atoms with E-state index < -0.39 is 0 Å². The van der Waals surface area contributed by atoms with Gasteiger partial charge in [0.1, 0.15) is 10.0 Å². The quantitative estimate of drug-likeness (QED) is 0.468. The second-order valence-corrected chi connectivity index (χ2v) is 8.21. The van der Waals surface area contributed by atoms with Gasteiger partial charge in [-0.25, -0.2) is 4.68 Å². The van der Waals surface area contributed by atoms with Gasteiger partial charge in [0.2, 0.25) is 0 Å². The van der Waals surface area contributed by atoms with Gasteiger partial charge in [0.15, 0.2) is 0 Å². The first kappa shape index (κ1) is 17.2. The summed E-state index contributed by atoms with van der Waals surface area (Å²) in [6.45, 7) is 0. The van der Waals surface area contributed by atoms with Gasteiger partial charge in [-0.2, -0.15) is 5.10 Å². The van der Waals surface area contributed by atoms with Crippen molar-refractivity contribution in [3.05, 3.63) is 75.7 Å². The molecule has 0 aliphatic carbocycles. The zero-order valence-electron chi connectivity index (χ0n) is 13.3. The standard InChI is InChI=1S/C19H12BrN3OS2/c20-14-6-4-5-12(9-14)17-13(10-16-18(24)21-19(25)26-16)11-23(22-17)15-7-2-1-3-8-15/h1-11H,(H,21,24,25)/b16-10-. The SMILES string of the molecule is O=C1NC(=S)S/C1=C\c1cn(-c2ccccc2)nc1-c1cccc(Br)c1.